The number of hydrogen-bond donors (Lipinski definition) is 1. The van der Waals surface area contributed by atoms with Gasteiger partial charge in [-0.25, -0.2) is 8.42 Å². The highest BCUT2D eigenvalue weighted by Gasteiger charge is 2.29. The molecule has 0 radical (unpaired) electrons. The lowest BCUT2D eigenvalue weighted by atomic mass is 10.2. The number of nitrogens with zero attached hydrogens (tertiary/aromatic N) is 2. The standard InChI is InChI=1S/C16H21N3O5S/c1-3-19(4-2)14(20)11-24-15(21)9-10-17-16-12-7-5-6-8-13(12)25(22,23)18-16/h5-8H,3-4,9-11H2,1-2H3,(H,17,18). The van der Waals surface area contributed by atoms with E-state index in [2.05, 4.69) is 9.71 Å². The van der Waals surface area contributed by atoms with E-state index in [0.29, 0.717) is 18.7 Å². The van der Waals surface area contributed by atoms with Crippen LogP contribution in [0.1, 0.15) is 25.8 Å². The summed E-state index contributed by atoms with van der Waals surface area (Å²) in [4.78, 5) is 29.3. The maximum Gasteiger partial charge on any atom is 0.308 e. The summed E-state index contributed by atoms with van der Waals surface area (Å²) in [7, 11) is -3.59. The number of benzene rings is 1. The van der Waals surface area contributed by atoms with Crippen LogP contribution < -0.4 is 4.72 Å². The minimum atomic E-state index is -3.59. The zero-order chi connectivity index (χ0) is 18.4. The Morgan fingerprint density at radius 2 is 1.88 bits per heavy atom. The molecule has 1 N–H and O–H groups in total. The van der Waals surface area contributed by atoms with E-state index in [1.54, 1.807) is 23.1 Å². The van der Waals surface area contributed by atoms with E-state index in [9.17, 15) is 18.0 Å². The number of amidine groups is 1. The summed E-state index contributed by atoms with van der Waals surface area (Å²) in [5.74, 6) is -0.594. The molecular weight excluding hydrogens is 346 g/mol. The van der Waals surface area contributed by atoms with Crippen molar-refractivity contribution in [2.24, 2.45) is 4.99 Å². The van der Waals surface area contributed by atoms with Crippen LogP contribution in [0.4, 0.5) is 0 Å². The first-order valence-corrected chi connectivity index (χ1v) is 9.47. The number of sulfonamides is 1. The monoisotopic (exact) mass is 367 g/mol. The number of fused-ring (bicyclic) bond motifs is 1. The first kappa shape index (κ1) is 18.9. The number of ether oxygens (including phenoxy) is 1. The molecule has 1 heterocycles. The van der Waals surface area contributed by atoms with Gasteiger partial charge in [0.15, 0.2) is 6.61 Å². The van der Waals surface area contributed by atoms with Crippen molar-refractivity contribution < 1.29 is 22.7 Å². The highest BCUT2D eigenvalue weighted by atomic mass is 32.2. The minimum absolute atomic E-state index is 0.0427. The van der Waals surface area contributed by atoms with E-state index >= 15 is 0 Å². The Morgan fingerprint density at radius 3 is 2.56 bits per heavy atom. The molecule has 1 aromatic rings. The fraction of sp³-hybridized carbons (Fsp3) is 0.438. The quantitative estimate of drug-likeness (QED) is 0.708. The largest absolute Gasteiger partial charge is 0.456 e. The third-order valence-corrected chi connectivity index (χ3v) is 5.12. The van der Waals surface area contributed by atoms with Gasteiger partial charge in [-0.1, -0.05) is 12.1 Å². The fourth-order valence-corrected chi connectivity index (χ4v) is 3.64. The predicted octanol–water partition coefficient (Wildman–Crippen LogP) is 0.527. The van der Waals surface area contributed by atoms with Crippen LogP contribution in [-0.4, -0.2) is 57.3 Å². The van der Waals surface area contributed by atoms with Crippen LogP contribution in [0.5, 0.6) is 0 Å². The van der Waals surface area contributed by atoms with Crippen molar-refractivity contribution >= 4 is 27.7 Å². The molecule has 0 saturated carbocycles. The predicted molar refractivity (Wildman–Crippen MR) is 91.7 cm³/mol. The van der Waals surface area contributed by atoms with Crippen LogP contribution in [0.2, 0.25) is 0 Å². The molecule has 0 atom stereocenters. The molecule has 2 rings (SSSR count). The van der Waals surface area contributed by atoms with Crippen molar-refractivity contribution in [3.8, 4) is 0 Å². The van der Waals surface area contributed by atoms with E-state index in [4.69, 9.17) is 4.74 Å². The van der Waals surface area contributed by atoms with Crippen LogP contribution in [0, 0.1) is 0 Å². The van der Waals surface area contributed by atoms with Gasteiger partial charge in [-0.3, -0.25) is 19.3 Å². The average Bonchev–Trinajstić information content (AvgIpc) is 2.85. The summed E-state index contributed by atoms with van der Waals surface area (Å²) in [6, 6.07) is 6.48. The summed E-state index contributed by atoms with van der Waals surface area (Å²) in [5.41, 5.74) is 0.479. The molecule has 1 aliphatic heterocycles. The molecule has 9 heteroatoms. The Bertz CT molecular complexity index is 785. The van der Waals surface area contributed by atoms with Gasteiger partial charge >= 0.3 is 5.97 Å². The highest BCUT2D eigenvalue weighted by molar-refractivity contribution is 7.90. The van der Waals surface area contributed by atoms with E-state index in [1.165, 1.54) is 6.07 Å². The highest BCUT2D eigenvalue weighted by Crippen LogP contribution is 2.22. The Balaban J connectivity index is 1.88. The molecule has 136 valence electrons. The second kappa shape index (κ2) is 8.11. The second-order valence-electron chi connectivity index (χ2n) is 5.31. The van der Waals surface area contributed by atoms with E-state index in [0.717, 1.165) is 0 Å². The van der Waals surface area contributed by atoms with Crippen LogP contribution in [0.25, 0.3) is 0 Å². The van der Waals surface area contributed by atoms with Gasteiger partial charge in [-0.2, -0.15) is 0 Å². The normalized spacial score (nSPS) is 16.2. The number of carbonyl (C=O) groups excluding carboxylic acids is 2. The maximum absolute atomic E-state index is 11.9. The zero-order valence-electron chi connectivity index (χ0n) is 14.2. The van der Waals surface area contributed by atoms with Gasteiger partial charge in [0.25, 0.3) is 15.9 Å². The van der Waals surface area contributed by atoms with Crippen LogP contribution in [0.15, 0.2) is 34.2 Å². The SMILES string of the molecule is CCN(CC)C(=O)COC(=O)CCN=C1NS(=O)(=O)c2ccccc21. The summed E-state index contributed by atoms with van der Waals surface area (Å²) in [5, 5.41) is 0. The number of esters is 1. The molecule has 0 spiro atoms. The Kier molecular flexibility index (Phi) is 6.13. The molecule has 8 nitrogen and oxygen atoms in total. The lowest BCUT2D eigenvalue weighted by Gasteiger charge is -2.18. The van der Waals surface area contributed by atoms with Crippen LogP contribution in [0.3, 0.4) is 0 Å². The smallest absolute Gasteiger partial charge is 0.308 e. The van der Waals surface area contributed by atoms with Gasteiger partial charge in [0.1, 0.15) is 5.84 Å². The zero-order valence-corrected chi connectivity index (χ0v) is 15.0. The number of carbonyl (C=O) groups is 2. The first-order valence-electron chi connectivity index (χ1n) is 7.99. The van der Waals surface area contributed by atoms with Gasteiger partial charge in [0, 0.05) is 18.7 Å². The third-order valence-electron chi connectivity index (χ3n) is 3.72. The maximum atomic E-state index is 11.9. The molecule has 1 amide bonds. The summed E-state index contributed by atoms with van der Waals surface area (Å²) in [6.45, 7) is 4.57. The Morgan fingerprint density at radius 1 is 1.20 bits per heavy atom. The van der Waals surface area contributed by atoms with E-state index < -0.39 is 16.0 Å². The average molecular weight is 367 g/mol. The van der Waals surface area contributed by atoms with Gasteiger partial charge in [0.2, 0.25) is 0 Å². The molecule has 1 aliphatic rings. The van der Waals surface area contributed by atoms with Crippen LogP contribution >= 0.6 is 0 Å². The third kappa shape index (κ3) is 4.56. The molecular formula is C16H21N3O5S. The molecule has 0 bridgehead atoms. The molecule has 1 aromatic carbocycles. The lowest BCUT2D eigenvalue weighted by Crippen LogP contribution is -2.34. The molecule has 0 aliphatic carbocycles. The van der Waals surface area contributed by atoms with Gasteiger partial charge in [-0.15, -0.1) is 0 Å². The molecule has 0 aromatic heterocycles. The number of likely N-dealkylation sites (N-methyl/N-ethyl adjacent to an activating group) is 1. The number of rotatable bonds is 7. The molecule has 0 fully saturated rings. The van der Waals surface area contributed by atoms with Crippen molar-refractivity contribution in [2.45, 2.75) is 25.2 Å². The van der Waals surface area contributed by atoms with Crippen molar-refractivity contribution in [2.75, 3.05) is 26.2 Å². The van der Waals surface area contributed by atoms with Crippen molar-refractivity contribution in [1.82, 2.24) is 9.62 Å². The number of amides is 1. The van der Waals surface area contributed by atoms with E-state index in [1.807, 2.05) is 13.8 Å². The number of nitrogens with one attached hydrogen (secondary N) is 1. The Hall–Kier alpha value is -2.42. The van der Waals surface area contributed by atoms with Gasteiger partial charge < -0.3 is 9.64 Å². The van der Waals surface area contributed by atoms with Crippen molar-refractivity contribution in [1.29, 1.82) is 0 Å². The number of hydrogen-bond acceptors (Lipinski definition) is 6. The fourth-order valence-electron chi connectivity index (χ4n) is 2.39. The summed E-state index contributed by atoms with van der Waals surface area (Å²) in [6.07, 6.45) is -0.0427. The molecule has 0 saturated heterocycles. The molecule has 0 unspecified atom stereocenters. The van der Waals surface area contributed by atoms with Crippen molar-refractivity contribution in [3.63, 3.8) is 0 Å². The Labute approximate surface area is 146 Å². The second-order valence-corrected chi connectivity index (χ2v) is 6.96. The minimum Gasteiger partial charge on any atom is -0.456 e. The number of aliphatic imine (C=N–C) groups is 1. The topological polar surface area (TPSA) is 105 Å². The molecule has 25 heavy (non-hydrogen) atoms. The van der Waals surface area contributed by atoms with E-state index in [-0.39, 0.29) is 36.2 Å². The van der Waals surface area contributed by atoms with Crippen LogP contribution in [-0.2, 0) is 24.3 Å². The summed E-state index contributed by atoms with van der Waals surface area (Å²) >= 11 is 0. The van der Waals surface area contributed by atoms with Crippen molar-refractivity contribution in [3.05, 3.63) is 29.8 Å². The van der Waals surface area contributed by atoms with Gasteiger partial charge in [-0.05, 0) is 26.0 Å². The summed E-state index contributed by atoms with van der Waals surface area (Å²) < 4.78 is 31.2. The van der Waals surface area contributed by atoms with Gasteiger partial charge in [0.05, 0.1) is 17.9 Å². The first-order chi connectivity index (χ1) is 11.9. The lowest BCUT2D eigenvalue weighted by molar-refractivity contribution is -0.151.